The zero-order valence-electron chi connectivity index (χ0n) is 6.97. The third-order valence-corrected chi connectivity index (χ3v) is 4.36. The van der Waals surface area contributed by atoms with Crippen molar-refractivity contribution >= 4 is 47.8 Å². The SMILES string of the molecule is O=c1[nH]c(=O)n(C[C@H](Br)CBr)cc1Br. The molecule has 0 saturated carbocycles. The number of aromatic nitrogens is 2. The van der Waals surface area contributed by atoms with Crippen LogP contribution in [0.5, 0.6) is 0 Å². The van der Waals surface area contributed by atoms with Crippen molar-refractivity contribution in [1.29, 1.82) is 0 Å². The van der Waals surface area contributed by atoms with Crippen LogP contribution in [0, 0.1) is 0 Å². The summed E-state index contributed by atoms with van der Waals surface area (Å²) in [5, 5.41) is 0.732. The molecular weight excluding hydrogens is 384 g/mol. The largest absolute Gasteiger partial charge is 0.328 e. The molecule has 1 rings (SSSR count). The molecule has 78 valence electrons. The van der Waals surface area contributed by atoms with Crippen molar-refractivity contribution in [2.75, 3.05) is 5.33 Å². The average molecular weight is 391 g/mol. The maximum Gasteiger partial charge on any atom is 0.328 e. The van der Waals surface area contributed by atoms with E-state index in [0.717, 1.165) is 5.33 Å². The molecule has 7 heteroatoms. The van der Waals surface area contributed by atoms with Crippen LogP contribution >= 0.6 is 47.8 Å². The van der Waals surface area contributed by atoms with Crippen LogP contribution < -0.4 is 11.2 Å². The lowest BCUT2D eigenvalue weighted by Crippen LogP contribution is -2.32. The van der Waals surface area contributed by atoms with Gasteiger partial charge in [0.1, 0.15) is 0 Å². The molecule has 0 amide bonds. The zero-order valence-corrected chi connectivity index (χ0v) is 11.7. The van der Waals surface area contributed by atoms with Crippen molar-refractivity contribution in [3.63, 3.8) is 0 Å². The van der Waals surface area contributed by atoms with Crippen LogP contribution in [0.2, 0.25) is 0 Å². The lowest BCUT2D eigenvalue weighted by molar-refractivity contribution is 0.649. The third kappa shape index (κ3) is 3.06. The Morgan fingerprint density at radius 3 is 2.71 bits per heavy atom. The summed E-state index contributed by atoms with van der Waals surface area (Å²) >= 11 is 9.72. The van der Waals surface area contributed by atoms with E-state index >= 15 is 0 Å². The topological polar surface area (TPSA) is 54.9 Å². The average Bonchev–Trinajstić information content (AvgIpc) is 2.14. The van der Waals surface area contributed by atoms with E-state index in [9.17, 15) is 9.59 Å². The first-order chi connectivity index (χ1) is 6.54. The van der Waals surface area contributed by atoms with Gasteiger partial charge in [0, 0.05) is 22.9 Å². The van der Waals surface area contributed by atoms with Crippen molar-refractivity contribution in [3.05, 3.63) is 31.5 Å². The summed E-state index contributed by atoms with van der Waals surface area (Å²) in [4.78, 5) is 24.7. The van der Waals surface area contributed by atoms with Crippen LogP contribution in [0.4, 0.5) is 0 Å². The van der Waals surface area contributed by atoms with Crippen molar-refractivity contribution < 1.29 is 0 Å². The summed E-state index contributed by atoms with van der Waals surface area (Å²) in [7, 11) is 0. The van der Waals surface area contributed by atoms with Crippen molar-refractivity contribution in [2.45, 2.75) is 11.4 Å². The predicted octanol–water partition coefficient (Wildman–Crippen LogP) is 1.46. The summed E-state index contributed by atoms with van der Waals surface area (Å²) in [5.74, 6) is 0. The van der Waals surface area contributed by atoms with E-state index < -0.39 is 11.2 Å². The first kappa shape index (κ1) is 12.2. The van der Waals surface area contributed by atoms with Crippen LogP contribution in [0.25, 0.3) is 0 Å². The number of halogens is 3. The van der Waals surface area contributed by atoms with Crippen LogP contribution in [0.1, 0.15) is 0 Å². The van der Waals surface area contributed by atoms with E-state index in [1.165, 1.54) is 10.8 Å². The molecule has 0 fully saturated rings. The highest BCUT2D eigenvalue weighted by Crippen LogP contribution is 2.06. The van der Waals surface area contributed by atoms with Crippen LogP contribution in [0.15, 0.2) is 20.3 Å². The maximum atomic E-state index is 11.3. The molecule has 14 heavy (non-hydrogen) atoms. The normalized spacial score (nSPS) is 12.8. The minimum Gasteiger partial charge on any atom is -0.298 e. The Bertz CT molecular complexity index is 426. The third-order valence-electron chi connectivity index (χ3n) is 1.53. The van der Waals surface area contributed by atoms with Gasteiger partial charge < -0.3 is 0 Å². The van der Waals surface area contributed by atoms with Gasteiger partial charge in [-0.05, 0) is 15.9 Å². The number of aromatic amines is 1. The lowest BCUT2D eigenvalue weighted by Gasteiger charge is -2.08. The van der Waals surface area contributed by atoms with Crippen LogP contribution in [-0.2, 0) is 6.54 Å². The summed E-state index contributed by atoms with van der Waals surface area (Å²) in [6.07, 6.45) is 1.48. The molecule has 0 radical (unpaired) electrons. The van der Waals surface area contributed by atoms with E-state index in [-0.39, 0.29) is 4.83 Å². The number of alkyl halides is 2. The molecule has 1 N–H and O–H groups in total. The fourth-order valence-corrected chi connectivity index (χ4v) is 1.74. The summed E-state index contributed by atoms with van der Waals surface area (Å²) in [6, 6.07) is 0. The first-order valence-electron chi connectivity index (χ1n) is 3.74. The molecule has 0 aromatic carbocycles. The second-order valence-electron chi connectivity index (χ2n) is 2.64. The molecule has 1 aromatic rings. The number of rotatable bonds is 3. The van der Waals surface area contributed by atoms with Gasteiger partial charge in [0.25, 0.3) is 5.56 Å². The second kappa shape index (κ2) is 5.27. The van der Waals surface area contributed by atoms with E-state index in [4.69, 9.17) is 0 Å². The number of nitrogens with one attached hydrogen (secondary N) is 1. The van der Waals surface area contributed by atoms with Gasteiger partial charge in [0.15, 0.2) is 0 Å². The number of hydrogen-bond donors (Lipinski definition) is 1. The minimum atomic E-state index is -0.406. The molecule has 0 bridgehead atoms. The van der Waals surface area contributed by atoms with E-state index in [1.54, 1.807) is 0 Å². The molecule has 1 aromatic heterocycles. The van der Waals surface area contributed by atoms with Gasteiger partial charge in [0.05, 0.1) is 4.47 Å². The Kier molecular flexibility index (Phi) is 4.59. The Balaban J connectivity index is 3.04. The van der Waals surface area contributed by atoms with E-state index in [0.29, 0.717) is 11.0 Å². The van der Waals surface area contributed by atoms with Gasteiger partial charge in [-0.25, -0.2) is 4.79 Å². The highest BCUT2D eigenvalue weighted by molar-refractivity contribution is 9.12. The van der Waals surface area contributed by atoms with Gasteiger partial charge in [0.2, 0.25) is 0 Å². The van der Waals surface area contributed by atoms with E-state index in [2.05, 4.69) is 52.8 Å². The van der Waals surface area contributed by atoms with Crippen LogP contribution in [-0.4, -0.2) is 19.7 Å². The monoisotopic (exact) mass is 388 g/mol. The first-order valence-corrected chi connectivity index (χ1v) is 6.57. The van der Waals surface area contributed by atoms with Gasteiger partial charge in [-0.1, -0.05) is 31.9 Å². The number of hydrogen-bond acceptors (Lipinski definition) is 2. The molecule has 0 aliphatic rings. The minimum absolute atomic E-state index is 0.151. The highest BCUT2D eigenvalue weighted by atomic mass is 79.9. The lowest BCUT2D eigenvalue weighted by atomic mass is 10.4. The molecule has 1 heterocycles. The van der Waals surface area contributed by atoms with Gasteiger partial charge in [-0.2, -0.15) is 0 Å². The van der Waals surface area contributed by atoms with Crippen LogP contribution in [0.3, 0.4) is 0 Å². The fraction of sp³-hybridized carbons (Fsp3) is 0.429. The Morgan fingerprint density at radius 1 is 1.50 bits per heavy atom. The Labute approximate surface area is 105 Å². The summed E-state index contributed by atoms with van der Waals surface area (Å²) in [5.41, 5.74) is -0.806. The molecular formula is C7H7Br3N2O2. The summed E-state index contributed by atoms with van der Waals surface area (Å²) in [6.45, 7) is 0.499. The number of H-pyrrole nitrogens is 1. The van der Waals surface area contributed by atoms with Crippen molar-refractivity contribution in [2.24, 2.45) is 0 Å². The van der Waals surface area contributed by atoms with Gasteiger partial charge >= 0.3 is 5.69 Å². The molecule has 0 spiro atoms. The predicted molar refractivity (Wildman–Crippen MR) is 65.5 cm³/mol. The van der Waals surface area contributed by atoms with Gasteiger partial charge in [-0.3, -0.25) is 14.3 Å². The maximum absolute atomic E-state index is 11.3. The molecule has 4 nitrogen and oxygen atoms in total. The molecule has 0 unspecified atom stereocenters. The second-order valence-corrected chi connectivity index (χ2v) is 5.44. The highest BCUT2D eigenvalue weighted by Gasteiger charge is 2.06. The molecule has 0 aliphatic carbocycles. The standard InChI is InChI=1S/C7H7Br3N2O2/c8-1-4(9)2-12-3-5(10)6(13)11-7(12)14/h3-4H,1-2H2,(H,11,13,14)/t4-/m1/s1. The smallest absolute Gasteiger partial charge is 0.298 e. The molecule has 0 aliphatic heterocycles. The van der Waals surface area contributed by atoms with E-state index in [1.807, 2.05) is 0 Å². The van der Waals surface area contributed by atoms with Gasteiger partial charge in [-0.15, -0.1) is 0 Å². The molecule has 1 atom stereocenters. The Morgan fingerprint density at radius 2 is 2.14 bits per heavy atom. The number of nitrogens with zero attached hydrogens (tertiary/aromatic N) is 1. The van der Waals surface area contributed by atoms with Crippen molar-refractivity contribution in [1.82, 2.24) is 9.55 Å². The molecule has 0 saturated heterocycles. The van der Waals surface area contributed by atoms with Crippen molar-refractivity contribution in [3.8, 4) is 0 Å². The quantitative estimate of drug-likeness (QED) is 0.794. The summed E-state index contributed by atoms with van der Waals surface area (Å²) < 4.78 is 1.79. The Hall–Kier alpha value is 0.120. The fourth-order valence-electron chi connectivity index (χ4n) is 0.881. The zero-order chi connectivity index (χ0) is 10.7.